The van der Waals surface area contributed by atoms with Gasteiger partial charge < -0.3 is 18.9 Å². The number of carbonyl (C=O) groups excluding carboxylic acids is 4. The Balaban J connectivity index is 1.64. The molecule has 0 aromatic heterocycles. The number of halogens is 2. The fourth-order valence-electron chi connectivity index (χ4n) is 9.17. The summed E-state index contributed by atoms with van der Waals surface area (Å²) in [4.78, 5) is 56.8. The van der Waals surface area contributed by atoms with E-state index in [2.05, 4.69) is 59.6 Å². The molecule has 8 nitrogen and oxygen atoms in total. The summed E-state index contributed by atoms with van der Waals surface area (Å²) in [5.41, 5.74) is 1.09. The first kappa shape index (κ1) is 53.2. The highest BCUT2D eigenvalue weighted by molar-refractivity contribution is 9.11. The van der Waals surface area contributed by atoms with Gasteiger partial charge in [-0.25, -0.2) is 19.2 Å². The van der Waals surface area contributed by atoms with Gasteiger partial charge in [-0.05, 0) is 60.7 Å². The Hall–Kier alpha value is -3.76. The summed E-state index contributed by atoms with van der Waals surface area (Å²) in [6.07, 6.45) is 25.3. The van der Waals surface area contributed by atoms with E-state index in [-0.39, 0.29) is 48.7 Å². The van der Waals surface area contributed by atoms with Gasteiger partial charge in [0.1, 0.15) is 0 Å². The van der Waals surface area contributed by atoms with E-state index in [1.807, 2.05) is 12.1 Å². The standard InChI is InChI=1S/C56H74Br2O8/c1-5-9-13-17-21-25-33-63-53(59)41-31-29-39-50-46(58)38-44(56(62)66-36-28-24-20-16-12-8-4)48-42(54(60)64-34-26-22-18-14-10-6-2)32-30-40(52(48)50)49-45(57)37-43(47(41)51(39)49)55(61)65-35-27-23-19-15-11-7-3/h29-32,37-38H,5-28,33-36H2,1-4H3. The van der Waals surface area contributed by atoms with E-state index in [0.29, 0.717) is 30.5 Å². The van der Waals surface area contributed by atoms with Crippen molar-refractivity contribution in [2.45, 2.75) is 182 Å². The second kappa shape index (κ2) is 28.5. The molecule has 0 amide bonds. The minimum Gasteiger partial charge on any atom is -0.462 e. The zero-order valence-corrected chi connectivity index (χ0v) is 43.5. The molecule has 0 saturated carbocycles. The first-order valence-electron chi connectivity index (χ1n) is 25.5. The third-order valence-corrected chi connectivity index (χ3v) is 14.1. The van der Waals surface area contributed by atoms with E-state index < -0.39 is 23.9 Å². The van der Waals surface area contributed by atoms with E-state index in [9.17, 15) is 19.2 Å². The van der Waals surface area contributed by atoms with Crippen LogP contribution in [0.25, 0.3) is 43.1 Å². The Morgan fingerprint density at radius 2 is 0.591 bits per heavy atom. The van der Waals surface area contributed by atoms with E-state index in [0.717, 1.165) is 150 Å². The molecule has 0 spiro atoms. The number of unbranched alkanes of at least 4 members (excludes halogenated alkanes) is 20. The first-order chi connectivity index (χ1) is 32.2. The molecular weight excluding hydrogens is 960 g/mol. The van der Waals surface area contributed by atoms with Gasteiger partial charge in [-0.1, -0.05) is 200 Å². The average molecular weight is 1040 g/mol. The molecule has 66 heavy (non-hydrogen) atoms. The fourth-order valence-corrected chi connectivity index (χ4v) is 10.5. The Kier molecular flexibility index (Phi) is 23.0. The second-order valence-corrected chi connectivity index (χ2v) is 19.7. The molecule has 0 radical (unpaired) electrons. The summed E-state index contributed by atoms with van der Waals surface area (Å²) < 4.78 is 25.0. The molecule has 0 aliphatic rings. The van der Waals surface area contributed by atoms with Gasteiger partial charge >= 0.3 is 23.9 Å². The van der Waals surface area contributed by atoms with Crippen LogP contribution in [0.2, 0.25) is 0 Å². The van der Waals surface area contributed by atoms with Crippen molar-refractivity contribution in [3.8, 4) is 0 Å². The lowest BCUT2D eigenvalue weighted by molar-refractivity contribution is 0.0483. The van der Waals surface area contributed by atoms with Crippen molar-refractivity contribution in [1.82, 2.24) is 0 Å². The monoisotopic (exact) mass is 1030 g/mol. The minimum absolute atomic E-state index is 0.264. The molecule has 5 aromatic carbocycles. The van der Waals surface area contributed by atoms with Crippen LogP contribution in [0.4, 0.5) is 0 Å². The Labute approximate surface area is 410 Å². The van der Waals surface area contributed by atoms with Crippen LogP contribution < -0.4 is 0 Å². The summed E-state index contributed by atoms with van der Waals surface area (Å²) in [7, 11) is 0. The molecule has 0 saturated heterocycles. The molecule has 5 aromatic rings. The van der Waals surface area contributed by atoms with E-state index >= 15 is 0 Å². The summed E-state index contributed by atoms with van der Waals surface area (Å²) in [6.45, 7) is 9.85. The highest BCUT2D eigenvalue weighted by atomic mass is 79.9. The van der Waals surface area contributed by atoms with Crippen molar-refractivity contribution >= 4 is 98.8 Å². The lowest BCUT2D eigenvalue weighted by atomic mass is 9.84. The van der Waals surface area contributed by atoms with Crippen LogP contribution in [-0.4, -0.2) is 50.3 Å². The summed E-state index contributed by atoms with van der Waals surface area (Å²) in [5.74, 6) is -2.04. The van der Waals surface area contributed by atoms with Crippen LogP contribution in [0, 0.1) is 0 Å². The molecule has 0 N–H and O–H groups in total. The highest BCUT2D eigenvalue weighted by Crippen LogP contribution is 2.49. The zero-order valence-electron chi connectivity index (χ0n) is 40.3. The van der Waals surface area contributed by atoms with Gasteiger partial charge in [0.05, 0.1) is 48.7 Å². The topological polar surface area (TPSA) is 105 Å². The van der Waals surface area contributed by atoms with Crippen LogP contribution in [-0.2, 0) is 18.9 Å². The molecule has 0 unspecified atom stereocenters. The zero-order chi connectivity index (χ0) is 47.3. The van der Waals surface area contributed by atoms with E-state index in [1.165, 1.54) is 25.7 Å². The Morgan fingerprint density at radius 3 is 0.879 bits per heavy atom. The number of esters is 4. The van der Waals surface area contributed by atoms with Gasteiger partial charge in [-0.2, -0.15) is 0 Å². The van der Waals surface area contributed by atoms with Gasteiger partial charge in [0.2, 0.25) is 0 Å². The first-order valence-corrected chi connectivity index (χ1v) is 27.1. The second-order valence-electron chi connectivity index (χ2n) is 18.0. The predicted molar refractivity (Wildman–Crippen MR) is 278 cm³/mol. The van der Waals surface area contributed by atoms with Gasteiger partial charge in [-0.3, -0.25) is 0 Å². The van der Waals surface area contributed by atoms with Crippen molar-refractivity contribution in [3.05, 3.63) is 67.6 Å². The molecule has 360 valence electrons. The maximum absolute atomic E-state index is 14.2. The van der Waals surface area contributed by atoms with Crippen LogP contribution in [0.5, 0.6) is 0 Å². The quantitative estimate of drug-likeness (QED) is 0.0138. The van der Waals surface area contributed by atoms with Crippen LogP contribution in [0.1, 0.15) is 223 Å². The third kappa shape index (κ3) is 14.1. The summed E-state index contributed by atoms with van der Waals surface area (Å²) >= 11 is 7.72. The number of benzene rings is 5. The normalized spacial score (nSPS) is 11.6. The SMILES string of the molecule is CCCCCCCCOC(=O)c1ccc2c3c(Br)cc(C(=O)OCCCCCCCC)c4c(C(=O)OCCCCCCCC)ccc(c5c(Br)cc(C(=O)OCCCCCCCC)c1c25)c43. The maximum atomic E-state index is 14.2. The average Bonchev–Trinajstić information content (AvgIpc) is 3.31. The van der Waals surface area contributed by atoms with Gasteiger partial charge in [0.15, 0.2) is 0 Å². The third-order valence-electron chi connectivity index (χ3n) is 12.8. The number of hydrogen-bond acceptors (Lipinski definition) is 8. The summed E-state index contributed by atoms with van der Waals surface area (Å²) in [6, 6.07) is 10.7. The summed E-state index contributed by atoms with van der Waals surface area (Å²) in [5, 5.41) is 5.16. The van der Waals surface area contributed by atoms with Crippen LogP contribution >= 0.6 is 31.9 Å². The van der Waals surface area contributed by atoms with E-state index in [1.54, 1.807) is 24.3 Å². The fraction of sp³-hybridized carbons (Fsp3) is 0.571. The van der Waals surface area contributed by atoms with Crippen molar-refractivity contribution in [1.29, 1.82) is 0 Å². The maximum Gasteiger partial charge on any atom is 0.338 e. The van der Waals surface area contributed by atoms with Crippen molar-refractivity contribution in [2.24, 2.45) is 0 Å². The number of hydrogen-bond donors (Lipinski definition) is 0. The lowest BCUT2D eigenvalue weighted by Gasteiger charge is -2.22. The molecular formula is C56H74Br2O8. The van der Waals surface area contributed by atoms with Crippen LogP contribution in [0.15, 0.2) is 45.3 Å². The van der Waals surface area contributed by atoms with Crippen molar-refractivity contribution in [2.75, 3.05) is 26.4 Å². The molecule has 0 aliphatic heterocycles. The highest BCUT2D eigenvalue weighted by Gasteiger charge is 2.30. The van der Waals surface area contributed by atoms with Crippen molar-refractivity contribution in [3.63, 3.8) is 0 Å². The van der Waals surface area contributed by atoms with Crippen LogP contribution in [0.3, 0.4) is 0 Å². The smallest absolute Gasteiger partial charge is 0.338 e. The Bertz CT molecular complexity index is 2190. The molecule has 10 heteroatoms. The number of rotatable bonds is 32. The van der Waals surface area contributed by atoms with E-state index in [4.69, 9.17) is 18.9 Å². The Morgan fingerprint density at radius 1 is 0.333 bits per heavy atom. The molecule has 0 bridgehead atoms. The molecule has 0 atom stereocenters. The molecule has 0 heterocycles. The number of carbonyl (C=O) groups is 4. The van der Waals surface area contributed by atoms with Gasteiger partial charge in [-0.15, -0.1) is 0 Å². The molecule has 0 fully saturated rings. The molecule has 5 rings (SSSR count). The predicted octanol–water partition coefficient (Wildman–Crippen LogP) is 17.3. The van der Waals surface area contributed by atoms with Crippen molar-refractivity contribution < 1.29 is 38.1 Å². The van der Waals surface area contributed by atoms with Gasteiger partial charge in [0, 0.05) is 41.3 Å². The van der Waals surface area contributed by atoms with Gasteiger partial charge in [0.25, 0.3) is 0 Å². The molecule has 0 aliphatic carbocycles. The minimum atomic E-state index is -0.514. The lowest BCUT2D eigenvalue weighted by Crippen LogP contribution is -2.13. The number of ether oxygens (including phenoxy) is 4. The largest absolute Gasteiger partial charge is 0.462 e. The number of fused-ring (bicyclic) bond motifs is 2.